The quantitative estimate of drug-likeness (QED) is 0.808. The van der Waals surface area contributed by atoms with E-state index in [9.17, 15) is 9.59 Å². The molecule has 0 aromatic carbocycles. The Balaban J connectivity index is 1.52. The third-order valence-corrected chi connectivity index (χ3v) is 4.90. The lowest BCUT2D eigenvalue weighted by molar-refractivity contribution is -0.141. The molecule has 3 rings (SSSR count). The molecular weight excluding hydrogens is 258 g/mol. The zero-order chi connectivity index (χ0) is 14.1. The molecule has 0 bridgehead atoms. The van der Waals surface area contributed by atoms with Gasteiger partial charge in [0.2, 0.25) is 0 Å². The van der Waals surface area contributed by atoms with Crippen LogP contribution in [0.1, 0.15) is 25.7 Å². The molecule has 0 aliphatic carbocycles. The lowest BCUT2D eigenvalue weighted by Crippen LogP contribution is -2.43. The highest BCUT2D eigenvalue weighted by Crippen LogP contribution is 2.23. The van der Waals surface area contributed by atoms with E-state index in [1.807, 2.05) is 4.90 Å². The van der Waals surface area contributed by atoms with Gasteiger partial charge in [-0.05, 0) is 38.8 Å². The third-order valence-electron chi connectivity index (χ3n) is 4.90. The van der Waals surface area contributed by atoms with Gasteiger partial charge in [-0.15, -0.1) is 0 Å². The van der Waals surface area contributed by atoms with Crippen LogP contribution in [0, 0.1) is 5.92 Å². The number of hydrogen-bond acceptors (Lipinski definition) is 3. The first-order chi connectivity index (χ1) is 9.65. The van der Waals surface area contributed by atoms with Gasteiger partial charge in [-0.2, -0.15) is 0 Å². The monoisotopic (exact) mass is 281 g/mol. The molecule has 2 unspecified atom stereocenters. The summed E-state index contributed by atoms with van der Waals surface area (Å²) in [7, 11) is 0. The molecule has 0 radical (unpaired) electrons. The molecule has 2 amide bonds. The van der Waals surface area contributed by atoms with Gasteiger partial charge in [0.25, 0.3) is 0 Å². The highest BCUT2D eigenvalue weighted by atomic mass is 16.4. The van der Waals surface area contributed by atoms with E-state index in [2.05, 4.69) is 4.90 Å². The van der Waals surface area contributed by atoms with Crippen molar-refractivity contribution in [2.24, 2.45) is 5.92 Å². The van der Waals surface area contributed by atoms with Crippen molar-refractivity contribution >= 4 is 12.0 Å². The van der Waals surface area contributed by atoms with Crippen LogP contribution in [0.15, 0.2) is 0 Å². The number of likely N-dealkylation sites (tertiary alicyclic amines) is 3. The Bertz CT molecular complexity index is 395. The summed E-state index contributed by atoms with van der Waals surface area (Å²) in [5.74, 6) is -1.16. The van der Waals surface area contributed by atoms with Crippen LogP contribution in [0.5, 0.6) is 0 Å². The van der Waals surface area contributed by atoms with Crippen LogP contribution in [-0.4, -0.2) is 77.1 Å². The van der Waals surface area contributed by atoms with Crippen LogP contribution in [0.2, 0.25) is 0 Å². The minimum absolute atomic E-state index is 0.0375. The predicted octanol–water partition coefficient (Wildman–Crippen LogP) is 0.683. The smallest absolute Gasteiger partial charge is 0.320 e. The van der Waals surface area contributed by atoms with Crippen molar-refractivity contribution in [1.29, 1.82) is 0 Å². The molecule has 3 aliphatic rings. The molecule has 112 valence electrons. The standard InChI is InChI=1S/C14H23N3O3/c18-13(19)11-3-7-16(9-11)14(20)17-8-4-12(10-17)15-5-1-2-6-15/h11-12H,1-10H2,(H,18,19). The topological polar surface area (TPSA) is 64.1 Å². The predicted molar refractivity (Wildman–Crippen MR) is 73.5 cm³/mol. The molecular formula is C14H23N3O3. The van der Waals surface area contributed by atoms with E-state index in [0.717, 1.165) is 32.6 Å². The maximum Gasteiger partial charge on any atom is 0.320 e. The summed E-state index contributed by atoms with van der Waals surface area (Å²) in [6.45, 7) is 4.91. The van der Waals surface area contributed by atoms with Crippen LogP contribution in [-0.2, 0) is 4.79 Å². The molecule has 0 saturated carbocycles. The molecule has 0 aromatic rings. The number of amides is 2. The number of nitrogens with zero attached hydrogens (tertiary/aromatic N) is 3. The lowest BCUT2D eigenvalue weighted by Gasteiger charge is -2.26. The van der Waals surface area contributed by atoms with Crippen molar-refractivity contribution in [3.8, 4) is 0 Å². The second-order valence-corrected chi connectivity index (χ2v) is 6.18. The molecule has 3 fully saturated rings. The lowest BCUT2D eigenvalue weighted by atomic mass is 10.1. The van der Waals surface area contributed by atoms with Gasteiger partial charge < -0.3 is 14.9 Å². The fourth-order valence-corrected chi connectivity index (χ4v) is 3.66. The van der Waals surface area contributed by atoms with E-state index in [4.69, 9.17) is 5.11 Å². The van der Waals surface area contributed by atoms with Crippen molar-refractivity contribution in [3.05, 3.63) is 0 Å². The Morgan fingerprint density at radius 2 is 1.55 bits per heavy atom. The van der Waals surface area contributed by atoms with Gasteiger partial charge in [-0.1, -0.05) is 0 Å². The first-order valence-electron chi connectivity index (χ1n) is 7.66. The van der Waals surface area contributed by atoms with Gasteiger partial charge in [0.15, 0.2) is 0 Å². The Labute approximate surface area is 119 Å². The Hall–Kier alpha value is -1.30. The molecule has 0 aromatic heterocycles. The SMILES string of the molecule is O=C(O)C1CCN(C(=O)N2CCC(N3CCCC3)C2)C1. The van der Waals surface area contributed by atoms with Crippen molar-refractivity contribution in [3.63, 3.8) is 0 Å². The number of rotatable bonds is 2. The summed E-state index contributed by atoms with van der Waals surface area (Å²) in [5, 5.41) is 9.01. The van der Waals surface area contributed by atoms with Crippen molar-refractivity contribution in [2.45, 2.75) is 31.7 Å². The van der Waals surface area contributed by atoms with Crippen LogP contribution < -0.4 is 0 Å². The first-order valence-corrected chi connectivity index (χ1v) is 7.66. The zero-order valence-electron chi connectivity index (χ0n) is 11.8. The van der Waals surface area contributed by atoms with Gasteiger partial charge in [0.1, 0.15) is 0 Å². The molecule has 6 nitrogen and oxygen atoms in total. The Morgan fingerprint density at radius 3 is 2.20 bits per heavy atom. The summed E-state index contributed by atoms with van der Waals surface area (Å²) in [4.78, 5) is 29.5. The number of carbonyl (C=O) groups excluding carboxylic acids is 1. The summed E-state index contributed by atoms with van der Waals surface area (Å²) in [6.07, 6.45) is 4.19. The number of carbonyl (C=O) groups is 2. The van der Waals surface area contributed by atoms with E-state index >= 15 is 0 Å². The van der Waals surface area contributed by atoms with E-state index in [1.54, 1.807) is 4.90 Å². The molecule has 3 heterocycles. The Kier molecular flexibility index (Phi) is 3.83. The van der Waals surface area contributed by atoms with Crippen LogP contribution in [0.3, 0.4) is 0 Å². The van der Waals surface area contributed by atoms with Crippen LogP contribution >= 0.6 is 0 Å². The van der Waals surface area contributed by atoms with Crippen molar-refractivity contribution in [2.75, 3.05) is 39.3 Å². The highest BCUT2D eigenvalue weighted by Gasteiger charge is 2.37. The van der Waals surface area contributed by atoms with Crippen molar-refractivity contribution in [1.82, 2.24) is 14.7 Å². The third kappa shape index (κ3) is 2.61. The summed E-state index contributed by atoms with van der Waals surface area (Å²) >= 11 is 0. The fourth-order valence-electron chi connectivity index (χ4n) is 3.66. The normalized spacial score (nSPS) is 31.2. The number of aliphatic carboxylic acids is 1. The molecule has 3 saturated heterocycles. The zero-order valence-corrected chi connectivity index (χ0v) is 11.8. The van der Waals surface area contributed by atoms with E-state index in [0.29, 0.717) is 25.6 Å². The second-order valence-electron chi connectivity index (χ2n) is 6.18. The molecule has 0 spiro atoms. The maximum absolute atomic E-state index is 12.4. The van der Waals surface area contributed by atoms with Crippen molar-refractivity contribution < 1.29 is 14.7 Å². The Morgan fingerprint density at radius 1 is 0.900 bits per heavy atom. The van der Waals surface area contributed by atoms with Gasteiger partial charge in [0.05, 0.1) is 5.92 Å². The molecule has 1 N–H and O–H groups in total. The number of urea groups is 1. The number of carboxylic acids is 1. The first kappa shape index (κ1) is 13.7. The maximum atomic E-state index is 12.4. The van der Waals surface area contributed by atoms with Crippen LogP contribution in [0.25, 0.3) is 0 Å². The minimum Gasteiger partial charge on any atom is -0.481 e. The number of carboxylic acid groups (broad SMARTS) is 1. The second kappa shape index (κ2) is 5.60. The summed E-state index contributed by atoms with van der Waals surface area (Å²) in [6, 6.07) is 0.551. The van der Waals surface area contributed by atoms with E-state index in [1.165, 1.54) is 12.8 Å². The summed E-state index contributed by atoms with van der Waals surface area (Å²) < 4.78 is 0. The van der Waals surface area contributed by atoms with Gasteiger partial charge in [-0.3, -0.25) is 9.69 Å². The van der Waals surface area contributed by atoms with Gasteiger partial charge in [0, 0.05) is 32.2 Å². The van der Waals surface area contributed by atoms with E-state index < -0.39 is 5.97 Å². The molecule has 3 aliphatic heterocycles. The average molecular weight is 281 g/mol. The molecule has 2 atom stereocenters. The largest absolute Gasteiger partial charge is 0.481 e. The highest BCUT2D eigenvalue weighted by molar-refractivity contribution is 5.77. The van der Waals surface area contributed by atoms with E-state index in [-0.39, 0.29) is 11.9 Å². The van der Waals surface area contributed by atoms with Crippen LogP contribution in [0.4, 0.5) is 4.79 Å². The molecule has 6 heteroatoms. The average Bonchev–Trinajstić information content (AvgIpc) is 3.17. The fraction of sp³-hybridized carbons (Fsp3) is 0.857. The van der Waals surface area contributed by atoms with Gasteiger partial charge >= 0.3 is 12.0 Å². The molecule has 20 heavy (non-hydrogen) atoms. The number of hydrogen-bond donors (Lipinski definition) is 1. The summed E-state index contributed by atoms with van der Waals surface area (Å²) in [5.41, 5.74) is 0. The minimum atomic E-state index is -0.781. The van der Waals surface area contributed by atoms with Gasteiger partial charge in [-0.25, -0.2) is 4.79 Å².